The highest BCUT2D eigenvalue weighted by Crippen LogP contribution is 2.34. The first kappa shape index (κ1) is 15.4. The predicted molar refractivity (Wildman–Crippen MR) is 79.5 cm³/mol. The van der Waals surface area contributed by atoms with Gasteiger partial charge in [0.2, 0.25) is 0 Å². The summed E-state index contributed by atoms with van der Waals surface area (Å²) in [4.78, 5) is 0. The molecular formula is C13H20Cl2N2O. The molecule has 0 atom stereocenters. The Kier molecular flexibility index (Phi) is 5.57. The molecule has 0 fully saturated rings. The van der Waals surface area contributed by atoms with Crippen molar-refractivity contribution in [1.82, 2.24) is 0 Å². The topological polar surface area (TPSA) is 58.3 Å². The molecule has 0 saturated carbocycles. The van der Waals surface area contributed by atoms with Gasteiger partial charge in [0.1, 0.15) is 0 Å². The average molecular weight is 291 g/mol. The summed E-state index contributed by atoms with van der Waals surface area (Å²) < 4.78 is 0. The summed E-state index contributed by atoms with van der Waals surface area (Å²) in [6.45, 7) is 4.89. The number of hydrogen-bond donors (Lipinski definition) is 3. The monoisotopic (exact) mass is 290 g/mol. The second kappa shape index (κ2) is 6.50. The molecule has 1 aromatic carbocycles. The Morgan fingerprint density at radius 2 is 1.72 bits per heavy atom. The molecule has 0 radical (unpaired) electrons. The molecule has 0 saturated heterocycles. The van der Waals surface area contributed by atoms with Crippen molar-refractivity contribution < 1.29 is 5.11 Å². The Morgan fingerprint density at radius 3 is 2.11 bits per heavy atom. The lowest BCUT2D eigenvalue weighted by molar-refractivity contribution is 0.127. The van der Waals surface area contributed by atoms with E-state index in [1.54, 1.807) is 12.1 Å². The Hall–Kier alpha value is -0.640. The maximum absolute atomic E-state index is 9.51. The van der Waals surface area contributed by atoms with Crippen molar-refractivity contribution in [2.24, 2.45) is 5.41 Å². The highest BCUT2D eigenvalue weighted by atomic mass is 35.5. The van der Waals surface area contributed by atoms with E-state index in [2.05, 4.69) is 19.2 Å². The standard InChI is InChI=1S/C13H20Cl2N2O/c1-3-13(4-2,8-18)7-17-12-10(14)5-9(16)6-11(12)15/h5-6,17-18H,3-4,7-8,16H2,1-2H3. The Morgan fingerprint density at radius 1 is 1.22 bits per heavy atom. The summed E-state index contributed by atoms with van der Waals surface area (Å²) in [7, 11) is 0. The number of anilines is 2. The van der Waals surface area contributed by atoms with E-state index in [1.165, 1.54) is 0 Å². The van der Waals surface area contributed by atoms with Gasteiger partial charge in [0, 0.05) is 17.6 Å². The molecule has 3 nitrogen and oxygen atoms in total. The first-order valence-electron chi connectivity index (χ1n) is 6.07. The van der Waals surface area contributed by atoms with E-state index in [0.717, 1.165) is 12.8 Å². The first-order valence-corrected chi connectivity index (χ1v) is 6.83. The van der Waals surface area contributed by atoms with Crippen LogP contribution >= 0.6 is 23.2 Å². The molecule has 0 unspecified atom stereocenters. The van der Waals surface area contributed by atoms with Crippen LogP contribution in [0.1, 0.15) is 26.7 Å². The van der Waals surface area contributed by atoms with Gasteiger partial charge >= 0.3 is 0 Å². The zero-order valence-corrected chi connectivity index (χ0v) is 12.3. The molecule has 102 valence electrons. The van der Waals surface area contributed by atoms with E-state index in [1.807, 2.05) is 0 Å². The second-order valence-electron chi connectivity index (χ2n) is 4.58. The lowest BCUT2D eigenvalue weighted by Crippen LogP contribution is -2.32. The Bertz CT molecular complexity index is 375. The third-order valence-corrected chi connectivity index (χ3v) is 4.14. The van der Waals surface area contributed by atoms with Crippen LogP contribution < -0.4 is 11.1 Å². The molecule has 18 heavy (non-hydrogen) atoms. The summed E-state index contributed by atoms with van der Waals surface area (Å²) in [6, 6.07) is 3.32. The third-order valence-electron chi connectivity index (χ3n) is 3.54. The van der Waals surface area contributed by atoms with Gasteiger partial charge in [0.25, 0.3) is 0 Å². The number of nitrogen functional groups attached to an aromatic ring is 1. The van der Waals surface area contributed by atoms with E-state index in [-0.39, 0.29) is 12.0 Å². The maximum atomic E-state index is 9.51. The quantitative estimate of drug-likeness (QED) is 0.699. The number of aliphatic hydroxyl groups excluding tert-OH is 1. The minimum Gasteiger partial charge on any atom is -0.399 e. The fourth-order valence-electron chi connectivity index (χ4n) is 1.82. The highest BCUT2D eigenvalue weighted by Gasteiger charge is 2.25. The molecule has 1 aromatic rings. The van der Waals surface area contributed by atoms with Crippen molar-refractivity contribution in [3.63, 3.8) is 0 Å². The molecule has 5 heteroatoms. The van der Waals surface area contributed by atoms with Crippen LogP contribution in [0.3, 0.4) is 0 Å². The van der Waals surface area contributed by atoms with E-state index >= 15 is 0 Å². The van der Waals surface area contributed by atoms with Gasteiger partial charge in [0.05, 0.1) is 22.3 Å². The van der Waals surface area contributed by atoms with Crippen LogP contribution in [0.25, 0.3) is 0 Å². The number of benzene rings is 1. The molecule has 0 heterocycles. The minimum absolute atomic E-state index is 0.136. The van der Waals surface area contributed by atoms with Crippen molar-refractivity contribution in [1.29, 1.82) is 0 Å². The molecule has 0 aliphatic rings. The number of halogens is 2. The van der Waals surface area contributed by atoms with Gasteiger partial charge in [-0.1, -0.05) is 37.0 Å². The molecule has 0 spiro atoms. The van der Waals surface area contributed by atoms with Gasteiger partial charge in [0.15, 0.2) is 0 Å². The summed E-state index contributed by atoms with van der Waals surface area (Å²) in [5.74, 6) is 0. The van der Waals surface area contributed by atoms with Gasteiger partial charge in [-0.15, -0.1) is 0 Å². The minimum atomic E-state index is -0.145. The molecule has 0 aliphatic carbocycles. The molecule has 0 aliphatic heterocycles. The zero-order chi connectivity index (χ0) is 13.8. The fraction of sp³-hybridized carbons (Fsp3) is 0.538. The summed E-state index contributed by atoms with van der Waals surface area (Å²) in [6.07, 6.45) is 1.77. The van der Waals surface area contributed by atoms with Gasteiger partial charge in [-0.25, -0.2) is 0 Å². The van der Waals surface area contributed by atoms with Gasteiger partial charge in [-0.05, 0) is 25.0 Å². The van der Waals surface area contributed by atoms with Crippen LogP contribution in [0.5, 0.6) is 0 Å². The van der Waals surface area contributed by atoms with E-state index < -0.39 is 0 Å². The van der Waals surface area contributed by atoms with Gasteiger partial charge < -0.3 is 16.2 Å². The van der Waals surface area contributed by atoms with Gasteiger partial charge in [-0.2, -0.15) is 0 Å². The van der Waals surface area contributed by atoms with Crippen molar-refractivity contribution >= 4 is 34.6 Å². The van der Waals surface area contributed by atoms with Crippen molar-refractivity contribution in [3.05, 3.63) is 22.2 Å². The summed E-state index contributed by atoms with van der Waals surface area (Å²) >= 11 is 12.2. The molecular weight excluding hydrogens is 271 g/mol. The number of nitrogens with one attached hydrogen (secondary N) is 1. The van der Waals surface area contributed by atoms with Crippen LogP contribution in [0.2, 0.25) is 10.0 Å². The molecule has 0 bridgehead atoms. The van der Waals surface area contributed by atoms with Crippen LogP contribution in [0.4, 0.5) is 11.4 Å². The predicted octanol–water partition coefficient (Wildman–Crippen LogP) is 3.79. The van der Waals surface area contributed by atoms with E-state index in [9.17, 15) is 5.11 Å². The number of nitrogens with two attached hydrogens (primary N) is 1. The highest BCUT2D eigenvalue weighted by molar-refractivity contribution is 6.39. The van der Waals surface area contributed by atoms with E-state index in [4.69, 9.17) is 28.9 Å². The van der Waals surface area contributed by atoms with Crippen LogP contribution in [-0.4, -0.2) is 18.3 Å². The second-order valence-corrected chi connectivity index (χ2v) is 5.39. The number of aliphatic hydroxyl groups is 1. The van der Waals surface area contributed by atoms with Crippen molar-refractivity contribution in [3.8, 4) is 0 Å². The van der Waals surface area contributed by atoms with E-state index in [0.29, 0.717) is 28.0 Å². The molecule has 0 aromatic heterocycles. The smallest absolute Gasteiger partial charge is 0.0720 e. The first-order chi connectivity index (χ1) is 8.48. The molecule has 4 N–H and O–H groups in total. The summed E-state index contributed by atoms with van der Waals surface area (Å²) in [5, 5.41) is 13.7. The third kappa shape index (κ3) is 3.44. The molecule has 1 rings (SSSR count). The fourth-order valence-corrected chi connectivity index (χ4v) is 2.45. The van der Waals surface area contributed by atoms with Crippen molar-refractivity contribution in [2.45, 2.75) is 26.7 Å². The largest absolute Gasteiger partial charge is 0.399 e. The zero-order valence-electron chi connectivity index (χ0n) is 10.8. The van der Waals surface area contributed by atoms with Crippen LogP contribution in [0, 0.1) is 5.41 Å². The normalized spacial score (nSPS) is 11.6. The molecule has 0 amide bonds. The number of hydrogen-bond acceptors (Lipinski definition) is 3. The van der Waals surface area contributed by atoms with Crippen LogP contribution in [0.15, 0.2) is 12.1 Å². The van der Waals surface area contributed by atoms with Crippen LogP contribution in [-0.2, 0) is 0 Å². The maximum Gasteiger partial charge on any atom is 0.0720 e. The lowest BCUT2D eigenvalue weighted by Gasteiger charge is -2.30. The lowest BCUT2D eigenvalue weighted by atomic mass is 9.83. The number of rotatable bonds is 6. The average Bonchev–Trinajstić information content (AvgIpc) is 2.33. The Labute approximate surface area is 118 Å². The van der Waals surface area contributed by atoms with Crippen molar-refractivity contribution in [2.75, 3.05) is 24.2 Å². The SMILES string of the molecule is CCC(CC)(CO)CNc1c(Cl)cc(N)cc1Cl. The van der Waals surface area contributed by atoms with Gasteiger partial charge in [-0.3, -0.25) is 0 Å². The Balaban J connectivity index is 2.86. The summed E-state index contributed by atoms with van der Waals surface area (Å²) in [5.41, 5.74) is 6.72.